The SMILES string of the molecule is CC(OC=O)c1c[nH]c2ccc(C(F)(F)F)cc12. The fourth-order valence-corrected chi connectivity index (χ4v) is 1.81. The first-order valence-corrected chi connectivity index (χ1v) is 5.21. The third-order valence-electron chi connectivity index (χ3n) is 2.74. The van der Waals surface area contributed by atoms with E-state index in [1.807, 2.05) is 0 Å². The van der Waals surface area contributed by atoms with Crippen molar-refractivity contribution >= 4 is 17.4 Å². The number of benzene rings is 1. The number of hydrogen-bond acceptors (Lipinski definition) is 2. The molecule has 0 fully saturated rings. The van der Waals surface area contributed by atoms with Crippen LogP contribution in [0, 0.1) is 0 Å². The first kappa shape index (κ1) is 12.5. The van der Waals surface area contributed by atoms with Crippen LogP contribution < -0.4 is 0 Å². The fourth-order valence-electron chi connectivity index (χ4n) is 1.81. The summed E-state index contributed by atoms with van der Waals surface area (Å²) >= 11 is 0. The number of halogens is 3. The molecule has 2 rings (SSSR count). The number of nitrogens with one attached hydrogen (secondary N) is 1. The summed E-state index contributed by atoms with van der Waals surface area (Å²) in [5.41, 5.74) is 0.358. The molecule has 0 saturated carbocycles. The summed E-state index contributed by atoms with van der Waals surface area (Å²) in [5.74, 6) is 0. The third-order valence-corrected chi connectivity index (χ3v) is 2.74. The number of rotatable bonds is 3. The van der Waals surface area contributed by atoms with Crippen LogP contribution in [0.2, 0.25) is 0 Å². The summed E-state index contributed by atoms with van der Waals surface area (Å²) in [7, 11) is 0. The Morgan fingerprint density at radius 3 is 2.72 bits per heavy atom. The van der Waals surface area contributed by atoms with Crippen molar-refractivity contribution in [2.24, 2.45) is 0 Å². The van der Waals surface area contributed by atoms with Gasteiger partial charge in [-0.1, -0.05) is 0 Å². The van der Waals surface area contributed by atoms with Crippen LogP contribution in [0.15, 0.2) is 24.4 Å². The van der Waals surface area contributed by atoms with E-state index in [4.69, 9.17) is 4.74 Å². The fraction of sp³-hybridized carbons (Fsp3) is 0.250. The van der Waals surface area contributed by atoms with E-state index in [1.165, 1.54) is 6.07 Å². The number of aromatic amines is 1. The molecule has 96 valence electrons. The Balaban J connectivity index is 2.53. The van der Waals surface area contributed by atoms with Gasteiger partial charge in [-0.2, -0.15) is 13.2 Å². The quantitative estimate of drug-likeness (QED) is 0.856. The molecule has 1 aromatic heterocycles. The van der Waals surface area contributed by atoms with Crippen LogP contribution in [0.3, 0.4) is 0 Å². The molecule has 1 N–H and O–H groups in total. The van der Waals surface area contributed by atoms with Crippen molar-refractivity contribution in [1.82, 2.24) is 4.98 Å². The molecular weight excluding hydrogens is 247 g/mol. The minimum absolute atomic E-state index is 0.275. The molecule has 0 bridgehead atoms. The minimum Gasteiger partial charge on any atom is -0.460 e. The molecule has 18 heavy (non-hydrogen) atoms. The zero-order valence-corrected chi connectivity index (χ0v) is 9.41. The zero-order chi connectivity index (χ0) is 13.3. The predicted molar refractivity (Wildman–Crippen MR) is 58.9 cm³/mol. The molecule has 0 radical (unpaired) electrons. The van der Waals surface area contributed by atoms with Gasteiger partial charge in [0.1, 0.15) is 6.10 Å². The van der Waals surface area contributed by atoms with Gasteiger partial charge in [-0.25, -0.2) is 0 Å². The van der Waals surface area contributed by atoms with E-state index in [-0.39, 0.29) is 6.47 Å². The molecule has 0 aliphatic rings. The summed E-state index contributed by atoms with van der Waals surface area (Å²) in [5, 5.41) is 0.402. The summed E-state index contributed by atoms with van der Waals surface area (Å²) in [6.07, 6.45) is -3.45. The van der Waals surface area contributed by atoms with Crippen molar-refractivity contribution < 1.29 is 22.7 Å². The number of H-pyrrole nitrogens is 1. The third kappa shape index (κ3) is 2.18. The minimum atomic E-state index is -4.39. The van der Waals surface area contributed by atoms with Crippen LogP contribution in [-0.4, -0.2) is 11.5 Å². The van der Waals surface area contributed by atoms with Gasteiger partial charge in [0.15, 0.2) is 0 Å². The molecule has 1 unspecified atom stereocenters. The molecule has 2 aromatic rings. The van der Waals surface area contributed by atoms with E-state index < -0.39 is 17.8 Å². The van der Waals surface area contributed by atoms with Crippen LogP contribution in [0.1, 0.15) is 24.2 Å². The molecule has 0 aliphatic heterocycles. The maximum absolute atomic E-state index is 12.6. The van der Waals surface area contributed by atoms with Crippen molar-refractivity contribution in [1.29, 1.82) is 0 Å². The first-order valence-electron chi connectivity index (χ1n) is 5.21. The average molecular weight is 257 g/mol. The zero-order valence-electron chi connectivity index (χ0n) is 9.41. The van der Waals surface area contributed by atoms with E-state index in [9.17, 15) is 18.0 Å². The van der Waals surface area contributed by atoms with Crippen molar-refractivity contribution in [3.05, 3.63) is 35.5 Å². The standard InChI is InChI=1S/C12H10F3NO2/c1-7(18-6-17)10-5-16-11-3-2-8(4-9(10)11)12(13,14)15/h2-7,16H,1H3. The van der Waals surface area contributed by atoms with E-state index in [2.05, 4.69) is 4.98 Å². The van der Waals surface area contributed by atoms with Gasteiger partial charge < -0.3 is 9.72 Å². The summed E-state index contributed by atoms with van der Waals surface area (Å²) in [6.45, 7) is 1.87. The summed E-state index contributed by atoms with van der Waals surface area (Å²) < 4.78 is 42.6. The number of aromatic nitrogens is 1. The van der Waals surface area contributed by atoms with Crippen molar-refractivity contribution in [2.75, 3.05) is 0 Å². The molecule has 1 aromatic carbocycles. The first-order chi connectivity index (χ1) is 8.43. The number of hydrogen-bond donors (Lipinski definition) is 1. The molecular formula is C12H10F3NO2. The van der Waals surface area contributed by atoms with E-state index in [0.29, 0.717) is 16.5 Å². The van der Waals surface area contributed by atoms with Crippen molar-refractivity contribution in [3.63, 3.8) is 0 Å². The number of carbonyl (C=O) groups is 1. The Morgan fingerprint density at radius 2 is 2.11 bits per heavy atom. The van der Waals surface area contributed by atoms with Gasteiger partial charge in [-0.05, 0) is 25.1 Å². The van der Waals surface area contributed by atoms with Crippen molar-refractivity contribution in [2.45, 2.75) is 19.2 Å². The second-order valence-electron chi connectivity index (χ2n) is 3.88. The Hall–Kier alpha value is -1.98. The lowest BCUT2D eigenvalue weighted by Crippen LogP contribution is -2.04. The van der Waals surface area contributed by atoms with Crippen LogP contribution in [0.4, 0.5) is 13.2 Å². The molecule has 1 heterocycles. The van der Waals surface area contributed by atoms with Crippen molar-refractivity contribution in [3.8, 4) is 0 Å². The molecule has 0 aliphatic carbocycles. The highest BCUT2D eigenvalue weighted by Gasteiger charge is 2.31. The largest absolute Gasteiger partial charge is 0.460 e. The van der Waals surface area contributed by atoms with E-state index in [1.54, 1.807) is 13.1 Å². The summed E-state index contributed by atoms with van der Waals surface area (Å²) in [4.78, 5) is 13.1. The van der Waals surface area contributed by atoms with Crippen LogP contribution in [-0.2, 0) is 15.7 Å². The monoisotopic (exact) mass is 257 g/mol. The van der Waals surface area contributed by atoms with Gasteiger partial charge in [0.2, 0.25) is 0 Å². The normalized spacial score (nSPS) is 13.6. The molecule has 0 saturated heterocycles. The topological polar surface area (TPSA) is 42.1 Å². The molecule has 3 nitrogen and oxygen atoms in total. The van der Waals surface area contributed by atoms with Gasteiger partial charge in [0.05, 0.1) is 5.56 Å². The molecule has 1 atom stereocenters. The second-order valence-corrected chi connectivity index (χ2v) is 3.88. The highest BCUT2D eigenvalue weighted by atomic mass is 19.4. The highest BCUT2D eigenvalue weighted by molar-refractivity contribution is 5.84. The second kappa shape index (κ2) is 4.36. The Bertz CT molecular complexity index is 574. The Kier molecular flexibility index (Phi) is 3.02. The van der Waals surface area contributed by atoms with Gasteiger partial charge in [0.25, 0.3) is 6.47 Å². The predicted octanol–water partition coefficient (Wildman–Crippen LogP) is 3.42. The van der Waals surface area contributed by atoms with Gasteiger partial charge in [-0.15, -0.1) is 0 Å². The molecule has 0 spiro atoms. The Morgan fingerprint density at radius 1 is 1.39 bits per heavy atom. The van der Waals surface area contributed by atoms with Crippen LogP contribution >= 0.6 is 0 Å². The van der Waals surface area contributed by atoms with Crippen LogP contribution in [0.5, 0.6) is 0 Å². The maximum atomic E-state index is 12.6. The molecule has 6 heteroatoms. The highest BCUT2D eigenvalue weighted by Crippen LogP contribution is 2.33. The lowest BCUT2D eigenvalue weighted by Gasteiger charge is -2.10. The number of carbonyl (C=O) groups excluding carboxylic acids is 1. The lowest BCUT2D eigenvalue weighted by molar-refractivity contribution is -0.137. The molecule has 0 amide bonds. The average Bonchev–Trinajstić information content (AvgIpc) is 2.70. The van der Waals surface area contributed by atoms with Crippen LogP contribution in [0.25, 0.3) is 10.9 Å². The van der Waals surface area contributed by atoms with Gasteiger partial charge >= 0.3 is 6.18 Å². The number of fused-ring (bicyclic) bond motifs is 1. The maximum Gasteiger partial charge on any atom is 0.416 e. The van der Waals surface area contributed by atoms with E-state index >= 15 is 0 Å². The van der Waals surface area contributed by atoms with E-state index in [0.717, 1.165) is 12.1 Å². The van der Waals surface area contributed by atoms with Gasteiger partial charge in [-0.3, -0.25) is 4.79 Å². The Labute approximate surface area is 101 Å². The lowest BCUT2D eigenvalue weighted by atomic mass is 10.1. The number of alkyl halides is 3. The number of ether oxygens (including phenoxy) is 1. The van der Waals surface area contributed by atoms with Gasteiger partial charge in [0, 0.05) is 22.7 Å². The summed E-state index contributed by atoms with van der Waals surface area (Å²) in [6, 6.07) is 3.41. The smallest absolute Gasteiger partial charge is 0.416 e.